The molecular weight excluding hydrogens is 470 g/mol. The van der Waals surface area contributed by atoms with Crippen molar-refractivity contribution in [2.24, 2.45) is 10.9 Å². The Morgan fingerprint density at radius 2 is 1.86 bits per heavy atom. The maximum atomic E-state index is 13.2. The molecule has 2 heterocycles. The fraction of sp³-hybridized carbons (Fsp3) is 0.462. The standard InChI is InChI=1S/C26H32ClN3O5/c1-7-35-26(32)24-21(14-34-13-12-30-17(4)15(2)28-18(30)5)29-16(3)22(25(31)33-6)23(24)19-10-8-9-11-20(19)27/h8-11,22-23H,7,12-14H2,1-6H3/t22?,23-/m1/s1. The van der Waals surface area contributed by atoms with Gasteiger partial charge < -0.3 is 18.8 Å². The molecule has 0 saturated carbocycles. The first-order chi connectivity index (χ1) is 16.7. The van der Waals surface area contributed by atoms with E-state index in [0.717, 1.165) is 17.2 Å². The van der Waals surface area contributed by atoms with Crippen LogP contribution in [0, 0.1) is 26.7 Å². The first kappa shape index (κ1) is 26.6. The van der Waals surface area contributed by atoms with Crippen LogP contribution in [0.4, 0.5) is 0 Å². The van der Waals surface area contributed by atoms with E-state index in [9.17, 15) is 9.59 Å². The second-order valence-corrected chi connectivity index (χ2v) is 8.78. The molecule has 0 amide bonds. The summed E-state index contributed by atoms with van der Waals surface area (Å²) in [5.41, 5.74) is 3.89. The zero-order valence-electron chi connectivity index (χ0n) is 21.1. The molecule has 0 fully saturated rings. The van der Waals surface area contributed by atoms with Gasteiger partial charge in [-0.2, -0.15) is 0 Å². The van der Waals surface area contributed by atoms with Crippen LogP contribution in [0.1, 0.15) is 42.5 Å². The van der Waals surface area contributed by atoms with Crippen LogP contribution >= 0.6 is 11.6 Å². The predicted octanol–water partition coefficient (Wildman–Crippen LogP) is 4.34. The molecule has 1 aliphatic heterocycles. The number of hydrogen-bond donors (Lipinski definition) is 0. The minimum Gasteiger partial charge on any atom is -0.468 e. The lowest BCUT2D eigenvalue weighted by Gasteiger charge is -2.32. The summed E-state index contributed by atoms with van der Waals surface area (Å²) >= 11 is 6.53. The molecule has 2 atom stereocenters. The van der Waals surface area contributed by atoms with Crippen molar-refractivity contribution in [1.29, 1.82) is 0 Å². The van der Waals surface area contributed by atoms with Gasteiger partial charge in [-0.3, -0.25) is 9.79 Å². The van der Waals surface area contributed by atoms with Crippen molar-refractivity contribution in [2.75, 3.05) is 26.9 Å². The lowest BCUT2D eigenvalue weighted by atomic mass is 9.75. The highest BCUT2D eigenvalue weighted by molar-refractivity contribution is 6.31. The smallest absolute Gasteiger partial charge is 0.336 e. The number of methoxy groups -OCH3 is 1. The zero-order chi connectivity index (χ0) is 25.7. The van der Waals surface area contributed by atoms with Gasteiger partial charge in [-0.1, -0.05) is 29.8 Å². The highest BCUT2D eigenvalue weighted by Gasteiger charge is 2.43. The largest absolute Gasteiger partial charge is 0.468 e. The van der Waals surface area contributed by atoms with Crippen molar-refractivity contribution in [3.05, 3.63) is 63.3 Å². The molecule has 0 saturated heterocycles. The molecule has 1 aliphatic rings. The van der Waals surface area contributed by atoms with Crippen LogP contribution in [0.2, 0.25) is 5.02 Å². The average Bonchev–Trinajstić information content (AvgIpc) is 3.07. The SMILES string of the molecule is CCOC(=O)C1=C(COCCn2c(C)nc(C)c2C)N=C(C)C(C(=O)OC)[C@H]1c1ccccc1Cl. The third-order valence-electron chi connectivity index (χ3n) is 6.25. The van der Waals surface area contributed by atoms with Gasteiger partial charge in [0, 0.05) is 28.9 Å². The first-order valence-corrected chi connectivity index (χ1v) is 11.9. The van der Waals surface area contributed by atoms with Crippen LogP contribution in [0.5, 0.6) is 0 Å². The van der Waals surface area contributed by atoms with Crippen LogP contribution in [0.15, 0.2) is 40.5 Å². The molecule has 0 aliphatic carbocycles. The molecule has 0 spiro atoms. The number of esters is 2. The molecular formula is C26H32ClN3O5. The van der Waals surface area contributed by atoms with E-state index < -0.39 is 23.8 Å². The van der Waals surface area contributed by atoms with Gasteiger partial charge in [0.05, 0.1) is 43.9 Å². The third kappa shape index (κ3) is 5.65. The summed E-state index contributed by atoms with van der Waals surface area (Å²) in [6.45, 7) is 10.7. The van der Waals surface area contributed by atoms with Crippen LogP contribution in [0.3, 0.4) is 0 Å². The Morgan fingerprint density at radius 1 is 1.14 bits per heavy atom. The van der Waals surface area contributed by atoms with E-state index in [0.29, 0.717) is 35.1 Å². The van der Waals surface area contributed by atoms with E-state index in [1.54, 1.807) is 32.0 Å². The number of rotatable bonds is 9. The molecule has 0 N–H and O–H groups in total. The van der Waals surface area contributed by atoms with Crippen molar-refractivity contribution in [1.82, 2.24) is 9.55 Å². The number of aromatic nitrogens is 2. The number of hydrogen-bond acceptors (Lipinski definition) is 7. The normalized spacial score (nSPS) is 17.9. The maximum Gasteiger partial charge on any atom is 0.336 e. The van der Waals surface area contributed by atoms with E-state index >= 15 is 0 Å². The number of benzene rings is 1. The Morgan fingerprint density at radius 3 is 2.46 bits per heavy atom. The monoisotopic (exact) mass is 501 g/mol. The van der Waals surface area contributed by atoms with E-state index in [2.05, 4.69) is 14.5 Å². The average molecular weight is 502 g/mol. The topological polar surface area (TPSA) is 92.0 Å². The number of aliphatic imine (C=N–C) groups is 1. The Hall–Kier alpha value is -2.97. The fourth-order valence-corrected chi connectivity index (χ4v) is 4.72. The minimum absolute atomic E-state index is 0.0755. The molecule has 1 aromatic carbocycles. The zero-order valence-corrected chi connectivity index (χ0v) is 21.8. The lowest BCUT2D eigenvalue weighted by molar-refractivity contribution is -0.144. The van der Waals surface area contributed by atoms with Gasteiger partial charge in [0.1, 0.15) is 11.7 Å². The van der Waals surface area contributed by atoms with Gasteiger partial charge in [0.25, 0.3) is 0 Å². The predicted molar refractivity (Wildman–Crippen MR) is 134 cm³/mol. The third-order valence-corrected chi connectivity index (χ3v) is 6.60. The van der Waals surface area contributed by atoms with Crippen molar-refractivity contribution >= 4 is 29.3 Å². The molecule has 2 aromatic rings. The molecule has 0 bridgehead atoms. The summed E-state index contributed by atoms with van der Waals surface area (Å²) in [5, 5.41) is 0.435. The minimum atomic E-state index is -0.817. The molecule has 1 unspecified atom stereocenters. The Bertz CT molecular complexity index is 1170. The Kier molecular flexibility index (Phi) is 8.86. The molecule has 3 rings (SSSR count). The first-order valence-electron chi connectivity index (χ1n) is 11.6. The second kappa shape index (κ2) is 11.6. The van der Waals surface area contributed by atoms with Gasteiger partial charge in [-0.15, -0.1) is 0 Å². The van der Waals surface area contributed by atoms with Crippen molar-refractivity contribution in [3.63, 3.8) is 0 Å². The lowest BCUT2D eigenvalue weighted by Crippen LogP contribution is -2.37. The molecule has 1 aromatic heterocycles. The summed E-state index contributed by atoms with van der Waals surface area (Å²) in [5.74, 6) is -1.67. The van der Waals surface area contributed by atoms with Crippen LogP contribution in [0.25, 0.3) is 0 Å². The number of ether oxygens (including phenoxy) is 3. The van der Waals surface area contributed by atoms with Gasteiger partial charge in [0.15, 0.2) is 0 Å². The van der Waals surface area contributed by atoms with Crippen molar-refractivity contribution < 1.29 is 23.8 Å². The van der Waals surface area contributed by atoms with E-state index in [1.165, 1.54) is 7.11 Å². The Balaban J connectivity index is 1.98. The highest BCUT2D eigenvalue weighted by atomic mass is 35.5. The number of aryl methyl sites for hydroxylation is 2. The van der Waals surface area contributed by atoms with Gasteiger partial charge >= 0.3 is 11.9 Å². The molecule has 9 heteroatoms. The van der Waals surface area contributed by atoms with Gasteiger partial charge in [0.2, 0.25) is 0 Å². The number of carbonyl (C=O) groups is 2. The fourth-order valence-electron chi connectivity index (χ4n) is 4.47. The van der Waals surface area contributed by atoms with Gasteiger partial charge in [-0.05, 0) is 46.2 Å². The summed E-state index contributed by atoms with van der Waals surface area (Å²) in [6.07, 6.45) is 0. The summed E-state index contributed by atoms with van der Waals surface area (Å²) in [7, 11) is 1.31. The van der Waals surface area contributed by atoms with E-state index in [-0.39, 0.29) is 18.8 Å². The van der Waals surface area contributed by atoms with Crippen LogP contribution < -0.4 is 0 Å². The molecule has 8 nitrogen and oxygen atoms in total. The summed E-state index contributed by atoms with van der Waals surface area (Å²) < 4.78 is 18.5. The summed E-state index contributed by atoms with van der Waals surface area (Å²) in [4.78, 5) is 35.1. The molecule has 0 radical (unpaired) electrons. The van der Waals surface area contributed by atoms with Crippen molar-refractivity contribution in [2.45, 2.75) is 47.1 Å². The van der Waals surface area contributed by atoms with Gasteiger partial charge in [-0.25, -0.2) is 9.78 Å². The van der Waals surface area contributed by atoms with Crippen LogP contribution in [-0.4, -0.2) is 54.1 Å². The second-order valence-electron chi connectivity index (χ2n) is 8.37. The molecule has 35 heavy (non-hydrogen) atoms. The highest BCUT2D eigenvalue weighted by Crippen LogP contribution is 2.42. The number of carbonyl (C=O) groups excluding carboxylic acids is 2. The quantitative estimate of drug-likeness (QED) is 0.375. The Labute approximate surface area is 210 Å². The van der Waals surface area contributed by atoms with E-state index in [1.807, 2.05) is 26.8 Å². The van der Waals surface area contributed by atoms with Crippen molar-refractivity contribution in [3.8, 4) is 0 Å². The van der Waals surface area contributed by atoms with Crippen LogP contribution in [-0.2, 0) is 30.3 Å². The number of imidazole rings is 1. The van der Waals surface area contributed by atoms with E-state index in [4.69, 9.17) is 25.8 Å². The molecule has 188 valence electrons. The maximum absolute atomic E-state index is 13.2. The summed E-state index contributed by atoms with van der Waals surface area (Å²) in [6, 6.07) is 7.13. The number of halogens is 1. The number of nitrogens with zero attached hydrogens (tertiary/aromatic N) is 3.